The minimum atomic E-state index is -4.47. The minimum absolute atomic E-state index is 0.159. The van der Waals surface area contributed by atoms with E-state index in [1.165, 1.54) is 12.3 Å². The van der Waals surface area contributed by atoms with Gasteiger partial charge in [0.2, 0.25) is 0 Å². The highest BCUT2D eigenvalue weighted by Crippen LogP contribution is 2.30. The number of aromatic nitrogens is 2. The molecule has 3 heterocycles. The van der Waals surface area contributed by atoms with Crippen LogP contribution in [0.3, 0.4) is 0 Å². The van der Waals surface area contributed by atoms with E-state index in [2.05, 4.69) is 15.3 Å². The van der Waals surface area contributed by atoms with Crippen molar-refractivity contribution in [2.45, 2.75) is 38.6 Å². The number of nitrogens with one attached hydrogen (secondary N) is 1. The van der Waals surface area contributed by atoms with Crippen LogP contribution in [0.25, 0.3) is 0 Å². The van der Waals surface area contributed by atoms with Crippen LogP contribution in [0.2, 0.25) is 0 Å². The molecule has 2 unspecified atom stereocenters. The van der Waals surface area contributed by atoms with Crippen molar-refractivity contribution in [3.05, 3.63) is 83.3 Å². The molecule has 1 saturated heterocycles. The number of nitrogens with zero attached hydrogens (tertiary/aromatic N) is 3. The van der Waals surface area contributed by atoms with Gasteiger partial charge in [0.25, 0.3) is 5.91 Å². The molecule has 178 valence electrons. The summed E-state index contributed by atoms with van der Waals surface area (Å²) in [5.74, 6) is 0.761. The van der Waals surface area contributed by atoms with Gasteiger partial charge in [0.15, 0.2) is 0 Å². The number of alkyl halides is 3. The third-order valence-corrected chi connectivity index (χ3v) is 5.66. The van der Waals surface area contributed by atoms with Crippen molar-refractivity contribution in [2.24, 2.45) is 0 Å². The summed E-state index contributed by atoms with van der Waals surface area (Å²) in [6.07, 6.45) is -0.727. The van der Waals surface area contributed by atoms with Crippen LogP contribution < -0.4 is 15.0 Å². The van der Waals surface area contributed by atoms with Gasteiger partial charge in [-0.05, 0) is 55.3 Å². The predicted molar refractivity (Wildman–Crippen MR) is 122 cm³/mol. The Labute approximate surface area is 195 Å². The molecule has 1 aliphatic rings. The van der Waals surface area contributed by atoms with E-state index in [-0.39, 0.29) is 18.1 Å². The Kier molecular flexibility index (Phi) is 6.72. The van der Waals surface area contributed by atoms with E-state index in [0.29, 0.717) is 36.6 Å². The lowest BCUT2D eigenvalue weighted by atomic mass is 10.1. The summed E-state index contributed by atoms with van der Waals surface area (Å²) in [4.78, 5) is 22.1. The van der Waals surface area contributed by atoms with Crippen LogP contribution in [-0.2, 0) is 6.18 Å². The number of ether oxygens (including phenoxy) is 1. The number of rotatable bonds is 6. The second-order valence-corrected chi connectivity index (χ2v) is 8.37. The van der Waals surface area contributed by atoms with Crippen LogP contribution >= 0.6 is 0 Å². The SMILES string of the molecule is Cc1cncc(C(=O)NC(C)c2ccc(OC3CCN(c4cccc(C(F)(F)F)n4)C3)cc2)c1. The predicted octanol–water partition coefficient (Wildman–Crippen LogP) is 4.95. The largest absolute Gasteiger partial charge is 0.489 e. The monoisotopic (exact) mass is 470 g/mol. The average molecular weight is 470 g/mol. The van der Waals surface area contributed by atoms with Crippen molar-refractivity contribution in [2.75, 3.05) is 18.0 Å². The first-order valence-electron chi connectivity index (χ1n) is 11.0. The summed E-state index contributed by atoms with van der Waals surface area (Å²) in [5, 5.41) is 2.96. The zero-order valence-corrected chi connectivity index (χ0v) is 18.8. The van der Waals surface area contributed by atoms with Crippen LogP contribution in [0.1, 0.15) is 46.6 Å². The number of anilines is 1. The fourth-order valence-corrected chi connectivity index (χ4v) is 3.86. The summed E-state index contributed by atoms with van der Waals surface area (Å²) in [6.45, 7) is 4.79. The van der Waals surface area contributed by atoms with Crippen molar-refractivity contribution >= 4 is 11.7 Å². The Morgan fingerprint density at radius 3 is 2.65 bits per heavy atom. The minimum Gasteiger partial charge on any atom is -0.489 e. The number of carbonyl (C=O) groups excluding carboxylic acids is 1. The van der Waals surface area contributed by atoms with Crippen molar-refractivity contribution in [1.29, 1.82) is 0 Å². The molecule has 0 saturated carbocycles. The smallest absolute Gasteiger partial charge is 0.433 e. The highest BCUT2D eigenvalue weighted by Gasteiger charge is 2.33. The Morgan fingerprint density at radius 2 is 1.94 bits per heavy atom. The molecule has 2 aromatic heterocycles. The molecule has 9 heteroatoms. The van der Waals surface area contributed by atoms with E-state index in [1.807, 2.05) is 38.1 Å². The van der Waals surface area contributed by atoms with Crippen molar-refractivity contribution in [3.8, 4) is 5.75 Å². The normalized spacial score (nSPS) is 16.9. The van der Waals surface area contributed by atoms with Crippen LogP contribution in [0.15, 0.2) is 60.9 Å². The lowest BCUT2D eigenvalue weighted by Gasteiger charge is -2.19. The molecule has 2 atom stereocenters. The Bertz CT molecular complexity index is 1150. The summed E-state index contributed by atoms with van der Waals surface area (Å²) >= 11 is 0. The van der Waals surface area contributed by atoms with Crippen molar-refractivity contribution in [3.63, 3.8) is 0 Å². The van der Waals surface area contributed by atoms with Gasteiger partial charge in [-0.25, -0.2) is 4.98 Å². The highest BCUT2D eigenvalue weighted by atomic mass is 19.4. The molecular weight excluding hydrogens is 445 g/mol. The van der Waals surface area contributed by atoms with Gasteiger partial charge in [-0.1, -0.05) is 18.2 Å². The molecule has 3 aromatic rings. The zero-order chi connectivity index (χ0) is 24.3. The molecule has 1 N–H and O–H groups in total. The first-order chi connectivity index (χ1) is 16.2. The molecule has 34 heavy (non-hydrogen) atoms. The number of carbonyl (C=O) groups is 1. The van der Waals surface area contributed by atoms with Crippen LogP contribution in [-0.4, -0.2) is 35.1 Å². The van der Waals surface area contributed by atoms with Gasteiger partial charge < -0.3 is 15.0 Å². The number of amides is 1. The molecular formula is C25H25F3N4O2. The van der Waals surface area contributed by atoms with Crippen molar-refractivity contribution in [1.82, 2.24) is 15.3 Å². The number of hydrogen-bond donors (Lipinski definition) is 1. The Hall–Kier alpha value is -3.62. The lowest BCUT2D eigenvalue weighted by Crippen LogP contribution is -2.27. The standard InChI is InChI=1S/C25H25F3N4O2/c1-16-12-19(14-29-13-16)24(33)30-17(2)18-6-8-20(9-7-18)34-21-10-11-32(15-21)23-5-3-4-22(31-23)25(26,27)28/h3-9,12-14,17,21H,10-11,15H2,1-2H3,(H,30,33). The molecule has 0 radical (unpaired) electrons. The van der Waals surface area contributed by atoms with E-state index in [9.17, 15) is 18.0 Å². The third-order valence-electron chi connectivity index (χ3n) is 5.66. The van der Waals surface area contributed by atoms with Crippen LogP contribution in [0.5, 0.6) is 5.75 Å². The van der Waals surface area contributed by atoms with Gasteiger partial charge in [-0.15, -0.1) is 0 Å². The molecule has 0 aliphatic carbocycles. The van der Waals surface area contributed by atoms with E-state index < -0.39 is 11.9 Å². The topological polar surface area (TPSA) is 67.3 Å². The van der Waals surface area contributed by atoms with Crippen LogP contribution in [0.4, 0.5) is 19.0 Å². The van der Waals surface area contributed by atoms with Gasteiger partial charge in [-0.2, -0.15) is 13.2 Å². The summed E-state index contributed by atoms with van der Waals surface area (Å²) in [7, 11) is 0. The number of pyridine rings is 2. The summed E-state index contributed by atoms with van der Waals surface area (Å²) in [5.41, 5.74) is 1.44. The quantitative estimate of drug-likeness (QED) is 0.552. The van der Waals surface area contributed by atoms with Gasteiger partial charge in [-0.3, -0.25) is 9.78 Å². The molecule has 1 fully saturated rings. The fourth-order valence-electron chi connectivity index (χ4n) is 3.86. The maximum Gasteiger partial charge on any atom is 0.433 e. The molecule has 6 nitrogen and oxygen atoms in total. The number of aryl methyl sites for hydroxylation is 1. The molecule has 0 bridgehead atoms. The molecule has 1 aromatic carbocycles. The van der Waals surface area contributed by atoms with Gasteiger partial charge in [0.05, 0.1) is 18.2 Å². The molecule has 0 spiro atoms. The third kappa shape index (κ3) is 5.65. The first-order valence-corrected chi connectivity index (χ1v) is 11.0. The first kappa shape index (κ1) is 23.5. The number of benzene rings is 1. The average Bonchev–Trinajstić information content (AvgIpc) is 3.27. The number of halogens is 3. The zero-order valence-electron chi connectivity index (χ0n) is 18.8. The summed E-state index contributed by atoms with van der Waals surface area (Å²) < 4.78 is 44.9. The Morgan fingerprint density at radius 1 is 1.18 bits per heavy atom. The maximum atomic E-state index is 12.9. The van der Waals surface area contributed by atoms with Gasteiger partial charge in [0.1, 0.15) is 23.4 Å². The maximum absolute atomic E-state index is 12.9. The Balaban J connectivity index is 1.33. The fraction of sp³-hybridized carbons (Fsp3) is 0.320. The van der Waals surface area contributed by atoms with E-state index in [0.717, 1.165) is 17.2 Å². The van der Waals surface area contributed by atoms with Gasteiger partial charge in [0, 0.05) is 25.4 Å². The van der Waals surface area contributed by atoms with E-state index in [4.69, 9.17) is 4.74 Å². The van der Waals surface area contributed by atoms with Crippen molar-refractivity contribution < 1.29 is 22.7 Å². The molecule has 4 rings (SSSR count). The lowest BCUT2D eigenvalue weighted by molar-refractivity contribution is -0.141. The summed E-state index contributed by atoms with van der Waals surface area (Å²) in [6, 6.07) is 12.9. The molecule has 1 aliphatic heterocycles. The second-order valence-electron chi connectivity index (χ2n) is 8.37. The highest BCUT2D eigenvalue weighted by molar-refractivity contribution is 5.94. The van der Waals surface area contributed by atoms with Gasteiger partial charge >= 0.3 is 6.18 Å². The van der Waals surface area contributed by atoms with E-state index in [1.54, 1.807) is 23.2 Å². The second kappa shape index (κ2) is 9.70. The number of hydrogen-bond acceptors (Lipinski definition) is 5. The van der Waals surface area contributed by atoms with E-state index >= 15 is 0 Å². The molecule has 1 amide bonds. The van der Waals surface area contributed by atoms with Crippen LogP contribution in [0, 0.1) is 6.92 Å².